The lowest BCUT2D eigenvalue weighted by Crippen LogP contribution is -2.13. The zero-order valence-electron chi connectivity index (χ0n) is 17.3. The molecule has 32 heavy (non-hydrogen) atoms. The molecule has 0 aliphatic rings. The molecule has 0 saturated carbocycles. The zero-order chi connectivity index (χ0) is 22.7. The predicted octanol–water partition coefficient (Wildman–Crippen LogP) is 4.15. The number of anilines is 1. The second-order valence-electron chi connectivity index (χ2n) is 7.25. The Bertz CT molecular complexity index is 1210. The van der Waals surface area contributed by atoms with Crippen LogP contribution >= 0.6 is 0 Å². The van der Waals surface area contributed by atoms with E-state index in [0.29, 0.717) is 23.6 Å². The Hall–Kier alpha value is -3.53. The summed E-state index contributed by atoms with van der Waals surface area (Å²) in [5.41, 5.74) is 2.73. The largest absolute Gasteiger partial charge is 0.487 e. The van der Waals surface area contributed by atoms with Gasteiger partial charge in [0.15, 0.2) is 5.65 Å². The van der Waals surface area contributed by atoms with Gasteiger partial charge in [0, 0.05) is 41.8 Å². The molecule has 0 bridgehead atoms. The van der Waals surface area contributed by atoms with Crippen LogP contribution in [0.1, 0.15) is 18.5 Å². The number of hydrogen-bond acceptors (Lipinski definition) is 5. The quantitative estimate of drug-likeness (QED) is 0.405. The number of aliphatic hydroxyl groups excluding tert-OH is 1. The van der Waals surface area contributed by atoms with Crippen molar-refractivity contribution in [1.82, 2.24) is 19.2 Å². The molecule has 0 radical (unpaired) electrons. The lowest BCUT2D eigenvalue weighted by Gasteiger charge is -2.19. The van der Waals surface area contributed by atoms with E-state index in [1.807, 2.05) is 23.0 Å². The molecule has 1 aromatic carbocycles. The third kappa shape index (κ3) is 4.70. The molecule has 0 aliphatic heterocycles. The average Bonchev–Trinajstić information content (AvgIpc) is 3.39. The summed E-state index contributed by atoms with van der Waals surface area (Å²) < 4.78 is 47.6. The Morgan fingerprint density at radius 3 is 2.81 bits per heavy atom. The van der Waals surface area contributed by atoms with Gasteiger partial charge in [-0.15, -0.1) is 0 Å². The van der Waals surface area contributed by atoms with Crippen molar-refractivity contribution in [2.45, 2.75) is 25.9 Å². The summed E-state index contributed by atoms with van der Waals surface area (Å²) in [6, 6.07) is 6.93. The summed E-state index contributed by atoms with van der Waals surface area (Å²) >= 11 is 0. The van der Waals surface area contributed by atoms with Gasteiger partial charge in [-0.1, -0.05) is 0 Å². The molecular formula is C22H22F3N5O2. The Morgan fingerprint density at radius 2 is 2.03 bits per heavy atom. The number of ether oxygens (including phenoxy) is 1. The fraction of sp³-hybridized carbons (Fsp3) is 0.273. The molecular weight excluding hydrogens is 423 g/mol. The van der Waals surface area contributed by atoms with Gasteiger partial charge in [-0.05, 0) is 37.3 Å². The minimum atomic E-state index is -2.63. The maximum Gasteiger partial charge on any atom is 0.272 e. The highest BCUT2D eigenvalue weighted by Gasteiger charge is 2.16. The normalized spacial score (nSPS) is 12.4. The van der Waals surface area contributed by atoms with Crippen LogP contribution in [0, 0.1) is 5.82 Å². The van der Waals surface area contributed by atoms with Crippen molar-refractivity contribution in [2.24, 2.45) is 0 Å². The van der Waals surface area contributed by atoms with Gasteiger partial charge in [-0.2, -0.15) is 5.10 Å². The fourth-order valence-corrected chi connectivity index (χ4v) is 3.45. The Kier molecular flexibility index (Phi) is 6.31. The van der Waals surface area contributed by atoms with E-state index in [2.05, 4.69) is 15.4 Å². The maximum absolute atomic E-state index is 13.8. The van der Waals surface area contributed by atoms with Crippen LogP contribution in [0.5, 0.6) is 5.75 Å². The van der Waals surface area contributed by atoms with Crippen LogP contribution in [0.4, 0.5) is 19.0 Å². The molecule has 0 fully saturated rings. The van der Waals surface area contributed by atoms with E-state index in [1.54, 1.807) is 29.9 Å². The van der Waals surface area contributed by atoms with E-state index in [9.17, 15) is 13.2 Å². The molecule has 3 heterocycles. The van der Waals surface area contributed by atoms with Crippen LogP contribution in [0.15, 0.2) is 55.1 Å². The van der Waals surface area contributed by atoms with Crippen LogP contribution in [0.2, 0.25) is 0 Å². The van der Waals surface area contributed by atoms with Crippen molar-refractivity contribution >= 4 is 11.5 Å². The number of benzene rings is 1. The first kappa shape index (κ1) is 21.7. The molecule has 1 atom stereocenters. The van der Waals surface area contributed by atoms with Crippen molar-refractivity contribution in [3.8, 4) is 16.9 Å². The Labute approximate surface area is 182 Å². The van der Waals surface area contributed by atoms with Gasteiger partial charge in [0.1, 0.15) is 24.0 Å². The first-order valence-electron chi connectivity index (χ1n) is 10.0. The number of fused-ring (bicyclic) bond motifs is 1. The van der Waals surface area contributed by atoms with E-state index in [-0.39, 0.29) is 12.4 Å². The third-order valence-corrected chi connectivity index (χ3v) is 4.96. The minimum absolute atomic E-state index is 0.0379. The van der Waals surface area contributed by atoms with Gasteiger partial charge < -0.3 is 19.7 Å². The fourth-order valence-electron chi connectivity index (χ4n) is 3.45. The summed E-state index contributed by atoms with van der Waals surface area (Å²) in [5.74, 6) is 0.195. The van der Waals surface area contributed by atoms with Crippen molar-refractivity contribution in [3.63, 3.8) is 0 Å². The van der Waals surface area contributed by atoms with E-state index < -0.39 is 24.9 Å². The number of nitrogens with one attached hydrogen (secondary N) is 1. The number of aromatic nitrogens is 4. The van der Waals surface area contributed by atoms with Gasteiger partial charge in [0.2, 0.25) is 0 Å². The van der Waals surface area contributed by atoms with Gasteiger partial charge in [-0.25, -0.2) is 22.7 Å². The highest BCUT2D eigenvalue weighted by atomic mass is 19.3. The SMILES string of the molecule is C[C@@H](Nc1ccn2ncc(-c3ccn(CCO)c3)c2n1)c1cc(F)ccc1OCC(F)F. The van der Waals surface area contributed by atoms with Crippen molar-refractivity contribution in [1.29, 1.82) is 0 Å². The van der Waals surface area contributed by atoms with Gasteiger partial charge in [0.05, 0.1) is 18.8 Å². The number of nitrogens with zero attached hydrogens (tertiary/aromatic N) is 4. The molecule has 0 saturated heterocycles. The van der Waals surface area contributed by atoms with E-state index in [1.165, 1.54) is 18.2 Å². The number of halogens is 3. The number of aliphatic hydroxyl groups is 1. The molecule has 2 N–H and O–H groups in total. The van der Waals surface area contributed by atoms with Gasteiger partial charge in [0.25, 0.3) is 6.43 Å². The Balaban J connectivity index is 1.60. The van der Waals surface area contributed by atoms with Crippen molar-refractivity contribution in [2.75, 3.05) is 18.5 Å². The van der Waals surface area contributed by atoms with Crippen molar-refractivity contribution < 1.29 is 23.0 Å². The van der Waals surface area contributed by atoms with E-state index >= 15 is 0 Å². The van der Waals surface area contributed by atoms with Crippen LogP contribution in [0.25, 0.3) is 16.8 Å². The third-order valence-electron chi connectivity index (χ3n) is 4.96. The molecule has 0 unspecified atom stereocenters. The molecule has 7 nitrogen and oxygen atoms in total. The molecule has 0 amide bonds. The first-order valence-corrected chi connectivity index (χ1v) is 10.0. The first-order chi connectivity index (χ1) is 15.4. The predicted molar refractivity (Wildman–Crippen MR) is 113 cm³/mol. The average molecular weight is 445 g/mol. The maximum atomic E-state index is 13.8. The molecule has 4 rings (SSSR count). The smallest absolute Gasteiger partial charge is 0.272 e. The summed E-state index contributed by atoms with van der Waals surface area (Å²) in [6.07, 6.45) is 4.58. The molecule has 4 aromatic rings. The van der Waals surface area contributed by atoms with Crippen LogP contribution in [-0.2, 0) is 6.54 Å². The highest BCUT2D eigenvalue weighted by Crippen LogP contribution is 2.30. The molecule has 168 valence electrons. The standard InChI is InChI=1S/C22H22F3N5O2/c1-14(17-10-16(23)2-3-19(17)32-13-20(24)25)27-21-5-7-30-22(28-21)18(11-26-30)15-4-6-29(12-15)8-9-31/h2-7,10-12,14,20,31H,8-9,13H2,1H3,(H,27,28)/t14-/m1/s1. The highest BCUT2D eigenvalue weighted by molar-refractivity contribution is 5.77. The summed E-state index contributed by atoms with van der Waals surface area (Å²) in [4.78, 5) is 4.63. The number of alkyl halides is 2. The molecule has 0 spiro atoms. The second kappa shape index (κ2) is 9.31. The molecule has 10 heteroatoms. The lowest BCUT2D eigenvalue weighted by molar-refractivity contribution is 0.0813. The summed E-state index contributed by atoms with van der Waals surface area (Å²) in [6.45, 7) is 1.52. The minimum Gasteiger partial charge on any atom is -0.487 e. The summed E-state index contributed by atoms with van der Waals surface area (Å²) in [7, 11) is 0. The van der Waals surface area contributed by atoms with Gasteiger partial charge >= 0.3 is 0 Å². The second-order valence-corrected chi connectivity index (χ2v) is 7.25. The van der Waals surface area contributed by atoms with E-state index in [0.717, 1.165) is 11.1 Å². The zero-order valence-corrected chi connectivity index (χ0v) is 17.3. The van der Waals surface area contributed by atoms with Crippen LogP contribution < -0.4 is 10.1 Å². The monoisotopic (exact) mass is 445 g/mol. The summed E-state index contributed by atoms with van der Waals surface area (Å²) in [5, 5.41) is 16.6. The Morgan fingerprint density at radius 1 is 1.19 bits per heavy atom. The number of hydrogen-bond donors (Lipinski definition) is 2. The van der Waals surface area contributed by atoms with E-state index in [4.69, 9.17) is 9.84 Å². The van der Waals surface area contributed by atoms with Crippen molar-refractivity contribution in [3.05, 3.63) is 66.5 Å². The molecule has 3 aromatic heterocycles. The van der Waals surface area contributed by atoms with Crippen LogP contribution in [-0.4, -0.2) is 43.9 Å². The van der Waals surface area contributed by atoms with Gasteiger partial charge in [-0.3, -0.25) is 0 Å². The number of rotatable bonds is 9. The van der Waals surface area contributed by atoms with Crippen LogP contribution in [0.3, 0.4) is 0 Å². The molecule has 0 aliphatic carbocycles. The topological polar surface area (TPSA) is 76.6 Å². The lowest BCUT2D eigenvalue weighted by atomic mass is 10.1.